The van der Waals surface area contributed by atoms with Crippen molar-refractivity contribution in [1.82, 2.24) is 4.57 Å². The molecule has 40 heavy (non-hydrogen) atoms. The molecule has 0 aliphatic carbocycles. The van der Waals surface area contributed by atoms with E-state index >= 15 is 0 Å². The first-order valence-corrected chi connectivity index (χ1v) is 13.8. The lowest BCUT2D eigenvalue weighted by Gasteiger charge is -2.19. The Labute approximate surface area is 233 Å². The van der Waals surface area contributed by atoms with Crippen LogP contribution in [0.15, 0.2) is 106 Å². The van der Waals surface area contributed by atoms with Crippen LogP contribution < -0.4 is 5.43 Å². The number of aryl methyl sites for hydroxylation is 2. The third-order valence-electron chi connectivity index (χ3n) is 8.21. The van der Waals surface area contributed by atoms with Gasteiger partial charge in [-0.1, -0.05) is 81.4 Å². The Morgan fingerprint density at radius 1 is 0.600 bits per heavy atom. The highest BCUT2D eigenvalue weighted by Crippen LogP contribution is 2.36. The molecule has 0 fully saturated rings. The van der Waals surface area contributed by atoms with E-state index in [4.69, 9.17) is 4.42 Å². The molecule has 2 heterocycles. The SMILES string of the molecule is Cc1cccc2c3cccc(C)c3n(-c3ccc(-c4ccc5oc6ccc(C(C)(C)C)cc6c(=O)c5c4)cc3)c12. The zero-order valence-electron chi connectivity index (χ0n) is 23.5. The van der Waals surface area contributed by atoms with E-state index < -0.39 is 0 Å². The molecule has 0 bridgehead atoms. The van der Waals surface area contributed by atoms with Gasteiger partial charge in [0.25, 0.3) is 0 Å². The third kappa shape index (κ3) is 3.69. The Morgan fingerprint density at radius 3 is 1.75 bits per heavy atom. The van der Waals surface area contributed by atoms with Gasteiger partial charge >= 0.3 is 0 Å². The minimum Gasteiger partial charge on any atom is -0.456 e. The van der Waals surface area contributed by atoms with Crippen molar-refractivity contribution in [2.45, 2.75) is 40.0 Å². The van der Waals surface area contributed by atoms with Gasteiger partial charge in [0.05, 0.1) is 21.8 Å². The second kappa shape index (κ2) is 8.69. The number of aromatic nitrogens is 1. The molecule has 0 spiro atoms. The molecule has 7 aromatic rings. The van der Waals surface area contributed by atoms with E-state index in [2.05, 4.69) is 99.8 Å². The van der Waals surface area contributed by atoms with E-state index in [1.54, 1.807) is 0 Å². The van der Waals surface area contributed by atoms with Crippen molar-refractivity contribution in [1.29, 1.82) is 0 Å². The number of para-hydroxylation sites is 2. The Hall–Kier alpha value is -4.63. The van der Waals surface area contributed by atoms with Crippen LogP contribution in [0.25, 0.3) is 60.6 Å². The van der Waals surface area contributed by atoms with Gasteiger partial charge in [-0.25, -0.2) is 0 Å². The number of benzene rings is 5. The summed E-state index contributed by atoms with van der Waals surface area (Å²) in [6, 6.07) is 33.6. The van der Waals surface area contributed by atoms with E-state index in [0.717, 1.165) is 22.4 Å². The summed E-state index contributed by atoms with van der Waals surface area (Å²) < 4.78 is 8.54. The van der Waals surface area contributed by atoms with Crippen molar-refractivity contribution in [3.8, 4) is 16.8 Å². The summed E-state index contributed by atoms with van der Waals surface area (Å²) in [6.45, 7) is 10.8. The lowest BCUT2D eigenvalue weighted by molar-refractivity contribution is 0.590. The summed E-state index contributed by atoms with van der Waals surface area (Å²) in [5.41, 5.74) is 10.5. The summed E-state index contributed by atoms with van der Waals surface area (Å²) >= 11 is 0. The van der Waals surface area contributed by atoms with E-state index in [1.165, 1.54) is 32.9 Å². The zero-order valence-corrected chi connectivity index (χ0v) is 23.5. The first kappa shape index (κ1) is 24.4. The molecule has 0 saturated heterocycles. The number of hydrogen-bond acceptors (Lipinski definition) is 2. The fourth-order valence-corrected chi connectivity index (χ4v) is 6.02. The summed E-state index contributed by atoms with van der Waals surface area (Å²) in [4.78, 5) is 13.6. The fraction of sp³-hybridized carbons (Fsp3) is 0.162. The summed E-state index contributed by atoms with van der Waals surface area (Å²) in [5, 5.41) is 3.77. The van der Waals surface area contributed by atoms with Crippen LogP contribution in [0.5, 0.6) is 0 Å². The molecule has 0 aliphatic heterocycles. The number of rotatable bonds is 2. The average molecular weight is 522 g/mol. The molecule has 3 heteroatoms. The van der Waals surface area contributed by atoms with Crippen molar-refractivity contribution in [3.63, 3.8) is 0 Å². The molecule has 0 atom stereocenters. The van der Waals surface area contributed by atoms with E-state index in [9.17, 15) is 4.79 Å². The first-order chi connectivity index (χ1) is 19.2. The quantitative estimate of drug-likeness (QED) is 0.212. The Balaban J connectivity index is 1.37. The van der Waals surface area contributed by atoms with Gasteiger partial charge in [-0.2, -0.15) is 0 Å². The molecule has 0 aliphatic rings. The zero-order chi connectivity index (χ0) is 27.8. The standard InChI is InChI=1S/C37H31NO2/c1-22-8-6-10-28-29-11-7-9-23(2)35(29)38(34(22)28)27-16-12-24(13-17-27)25-14-18-32-30(20-25)36(39)31-21-26(37(3,4)5)15-19-33(31)40-32/h6-21H,1-5H3. The number of hydrogen-bond donors (Lipinski definition) is 0. The smallest absolute Gasteiger partial charge is 0.200 e. The normalized spacial score (nSPS) is 12.2. The molecule has 0 amide bonds. The van der Waals surface area contributed by atoms with Crippen LogP contribution >= 0.6 is 0 Å². The Kier molecular flexibility index (Phi) is 5.30. The predicted octanol–water partition coefficient (Wildman–Crippen LogP) is 9.62. The van der Waals surface area contributed by atoms with Gasteiger partial charge in [-0.05, 0) is 83.5 Å². The van der Waals surface area contributed by atoms with Gasteiger partial charge in [0, 0.05) is 16.5 Å². The van der Waals surface area contributed by atoms with E-state index in [1.807, 2.05) is 36.4 Å². The van der Waals surface area contributed by atoms with Crippen LogP contribution in [0.2, 0.25) is 0 Å². The maximum Gasteiger partial charge on any atom is 0.200 e. The molecule has 0 saturated carbocycles. The maximum absolute atomic E-state index is 13.6. The topological polar surface area (TPSA) is 35.1 Å². The van der Waals surface area contributed by atoms with Gasteiger partial charge in [-0.15, -0.1) is 0 Å². The Morgan fingerprint density at radius 2 is 1.15 bits per heavy atom. The summed E-state index contributed by atoms with van der Waals surface area (Å²) in [5.74, 6) is 0. The molecule has 3 nitrogen and oxygen atoms in total. The molecule has 7 rings (SSSR count). The number of fused-ring (bicyclic) bond motifs is 5. The van der Waals surface area contributed by atoms with Crippen molar-refractivity contribution < 1.29 is 4.42 Å². The lowest BCUT2D eigenvalue weighted by Crippen LogP contribution is -2.12. The second-order valence-electron chi connectivity index (χ2n) is 11.9. The molecule has 5 aromatic carbocycles. The first-order valence-electron chi connectivity index (χ1n) is 13.8. The largest absolute Gasteiger partial charge is 0.456 e. The maximum atomic E-state index is 13.6. The highest BCUT2D eigenvalue weighted by Gasteiger charge is 2.18. The molecular formula is C37H31NO2. The van der Waals surface area contributed by atoms with Crippen molar-refractivity contribution >= 4 is 43.7 Å². The van der Waals surface area contributed by atoms with Crippen LogP contribution in [0.3, 0.4) is 0 Å². The van der Waals surface area contributed by atoms with Crippen LogP contribution in [-0.2, 0) is 5.41 Å². The fourth-order valence-electron chi connectivity index (χ4n) is 6.02. The van der Waals surface area contributed by atoms with Crippen LogP contribution in [0, 0.1) is 13.8 Å². The molecular weight excluding hydrogens is 490 g/mol. The monoisotopic (exact) mass is 521 g/mol. The molecule has 0 radical (unpaired) electrons. The average Bonchev–Trinajstić information content (AvgIpc) is 3.29. The van der Waals surface area contributed by atoms with E-state index in [0.29, 0.717) is 21.9 Å². The van der Waals surface area contributed by atoms with Gasteiger partial charge in [0.15, 0.2) is 0 Å². The summed E-state index contributed by atoms with van der Waals surface area (Å²) in [7, 11) is 0. The van der Waals surface area contributed by atoms with Crippen molar-refractivity contribution in [2.75, 3.05) is 0 Å². The lowest BCUT2D eigenvalue weighted by atomic mass is 9.86. The minimum absolute atomic E-state index is 0.0112. The van der Waals surface area contributed by atoms with Gasteiger partial charge in [-0.3, -0.25) is 4.79 Å². The van der Waals surface area contributed by atoms with Crippen LogP contribution in [0.1, 0.15) is 37.5 Å². The van der Waals surface area contributed by atoms with Crippen LogP contribution in [-0.4, -0.2) is 4.57 Å². The van der Waals surface area contributed by atoms with Crippen LogP contribution in [0.4, 0.5) is 0 Å². The molecule has 0 unspecified atom stereocenters. The molecule has 196 valence electrons. The Bertz CT molecular complexity index is 2110. The minimum atomic E-state index is -0.0490. The second-order valence-corrected chi connectivity index (χ2v) is 11.9. The number of nitrogens with zero attached hydrogens (tertiary/aromatic N) is 1. The van der Waals surface area contributed by atoms with Gasteiger partial charge in [0.2, 0.25) is 5.43 Å². The van der Waals surface area contributed by atoms with Gasteiger partial charge < -0.3 is 8.98 Å². The summed E-state index contributed by atoms with van der Waals surface area (Å²) in [6.07, 6.45) is 0. The van der Waals surface area contributed by atoms with Gasteiger partial charge in [0.1, 0.15) is 11.2 Å². The highest BCUT2D eigenvalue weighted by molar-refractivity contribution is 6.11. The molecule has 2 aromatic heterocycles. The molecule has 0 N–H and O–H groups in total. The third-order valence-corrected chi connectivity index (χ3v) is 8.21. The van der Waals surface area contributed by atoms with Crippen molar-refractivity contribution in [2.24, 2.45) is 0 Å². The highest BCUT2D eigenvalue weighted by atomic mass is 16.3. The van der Waals surface area contributed by atoms with Crippen molar-refractivity contribution in [3.05, 3.63) is 124 Å². The van der Waals surface area contributed by atoms with E-state index in [-0.39, 0.29) is 10.8 Å². The predicted molar refractivity (Wildman–Crippen MR) is 168 cm³/mol.